The van der Waals surface area contributed by atoms with Gasteiger partial charge in [0.25, 0.3) is 0 Å². The number of ether oxygens (including phenoxy) is 2. The van der Waals surface area contributed by atoms with Crippen LogP contribution in [0, 0.1) is 0 Å². The Morgan fingerprint density at radius 2 is 1.78 bits per heavy atom. The second-order valence-corrected chi connectivity index (χ2v) is 6.34. The largest absolute Gasteiger partial charge is 0.505 e. The smallest absolute Gasteiger partial charge is 0.162 e. The van der Waals surface area contributed by atoms with Crippen molar-refractivity contribution in [2.75, 3.05) is 19.0 Å². The van der Waals surface area contributed by atoms with Gasteiger partial charge in [0.05, 0.1) is 23.8 Å². The fourth-order valence-electron chi connectivity index (χ4n) is 2.01. The maximum atomic E-state index is 9.58. The molecule has 0 heterocycles. The monoisotopic (exact) mass is 419 g/mol. The van der Waals surface area contributed by atoms with Gasteiger partial charge in [-0.05, 0) is 36.8 Å². The third-order valence-electron chi connectivity index (χ3n) is 3.13. The Bertz CT molecular complexity index is 687. The molecule has 0 radical (unpaired) electrons. The maximum absolute atomic E-state index is 9.58. The Kier molecular flexibility index (Phi) is 6.27. The summed E-state index contributed by atoms with van der Waals surface area (Å²) in [6.45, 7) is 2.99. The van der Waals surface area contributed by atoms with E-state index in [1.807, 2.05) is 19.1 Å². The van der Waals surface area contributed by atoms with Gasteiger partial charge < -0.3 is 19.9 Å². The van der Waals surface area contributed by atoms with Crippen LogP contribution in [0.2, 0.25) is 10.0 Å². The molecule has 0 saturated carbocycles. The van der Waals surface area contributed by atoms with E-state index in [-0.39, 0.29) is 15.8 Å². The first-order valence-corrected chi connectivity index (χ1v) is 8.42. The van der Waals surface area contributed by atoms with Gasteiger partial charge in [-0.15, -0.1) is 0 Å². The summed E-state index contributed by atoms with van der Waals surface area (Å²) in [6.07, 6.45) is 0. The Morgan fingerprint density at radius 1 is 1.13 bits per heavy atom. The van der Waals surface area contributed by atoms with Crippen molar-refractivity contribution in [1.29, 1.82) is 0 Å². The lowest BCUT2D eigenvalue weighted by atomic mass is 10.2. The molecule has 2 rings (SSSR count). The van der Waals surface area contributed by atoms with Crippen molar-refractivity contribution >= 4 is 44.8 Å². The Balaban J connectivity index is 2.20. The van der Waals surface area contributed by atoms with E-state index in [0.29, 0.717) is 30.3 Å². The minimum absolute atomic E-state index is 0.122. The standard InChI is InChI=1S/C16H16BrCl2NO3/c1-3-23-15-7-11(17)9(4-14(15)22-2)8-20-10-5-12(18)16(21)13(19)6-10/h4-7,20-21H,3,8H2,1-2H3. The second kappa shape index (κ2) is 7.99. The molecule has 0 spiro atoms. The van der Waals surface area contributed by atoms with E-state index in [4.69, 9.17) is 32.7 Å². The summed E-state index contributed by atoms with van der Waals surface area (Å²) in [4.78, 5) is 0. The van der Waals surface area contributed by atoms with E-state index >= 15 is 0 Å². The van der Waals surface area contributed by atoms with Crippen molar-refractivity contribution in [3.63, 3.8) is 0 Å². The molecular formula is C16H16BrCl2NO3. The lowest BCUT2D eigenvalue weighted by Gasteiger charge is -2.14. The van der Waals surface area contributed by atoms with Crippen molar-refractivity contribution in [2.24, 2.45) is 0 Å². The second-order valence-electron chi connectivity index (χ2n) is 4.67. The van der Waals surface area contributed by atoms with Crippen LogP contribution in [-0.4, -0.2) is 18.8 Å². The molecule has 0 unspecified atom stereocenters. The van der Waals surface area contributed by atoms with Gasteiger partial charge in [-0.25, -0.2) is 0 Å². The number of rotatable bonds is 6. The van der Waals surface area contributed by atoms with Crippen LogP contribution in [0.25, 0.3) is 0 Å². The average Bonchev–Trinajstić information content (AvgIpc) is 2.52. The molecule has 0 aliphatic rings. The van der Waals surface area contributed by atoms with Crippen molar-refractivity contribution in [2.45, 2.75) is 13.5 Å². The topological polar surface area (TPSA) is 50.7 Å². The number of nitrogens with one attached hydrogen (secondary N) is 1. The molecule has 4 nitrogen and oxygen atoms in total. The highest BCUT2D eigenvalue weighted by atomic mass is 79.9. The highest BCUT2D eigenvalue weighted by Crippen LogP contribution is 2.36. The van der Waals surface area contributed by atoms with E-state index in [0.717, 1.165) is 10.0 Å². The van der Waals surface area contributed by atoms with Crippen LogP contribution in [0.5, 0.6) is 17.2 Å². The zero-order valence-electron chi connectivity index (χ0n) is 12.6. The van der Waals surface area contributed by atoms with Crippen molar-refractivity contribution in [3.8, 4) is 17.2 Å². The van der Waals surface area contributed by atoms with E-state index < -0.39 is 0 Å². The molecular weight excluding hydrogens is 405 g/mol. The summed E-state index contributed by atoms with van der Waals surface area (Å²) in [5, 5.41) is 13.2. The van der Waals surface area contributed by atoms with Gasteiger partial charge in [0, 0.05) is 16.7 Å². The molecule has 0 aliphatic carbocycles. The molecule has 2 aromatic rings. The van der Waals surface area contributed by atoms with E-state index in [1.165, 1.54) is 0 Å². The number of anilines is 1. The average molecular weight is 421 g/mol. The van der Waals surface area contributed by atoms with E-state index in [2.05, 4.69) is 21.2 Å². The van der Waals surface area contributed by atoms with Crippen LogP contribution in [0.3, 0.4) is 0 Å². The summed E-state index contributed by atoms with van der Waals surface area (Å²) >= 11 is 15.4. The summed E-state index contributed by atoms with van der Waals surface area (Å²) in [6, 6.07) is 6.99. The Labute approximate surface area is 153 Å². The highest BCUT2D eigenvalue weighted by Gasteiger charge is 2.11. The lowest BCUT2D eigenvalue weighted by Crippen LogP contribution is -2.02. The minimum atomic E-state index is -0.122. The van der Waals surface area contributed by atoms with Gasteiger partial charge in [-0.2, -0.15) is 0 Å². The first kappa shape index (κ1) is 18.0. The van der Waals surface area contributed by atoms with Crippen LogP contribution in [0.4, 0.5) is 5.69 Å². The number of halogens is 3. The van der Waals surface area contributed by atoms with E-state index in [1.54, 1.807) is 19.2 Å². The fourth-order valence-corrected chi connectivity index (χ4v) is 2.96. The fraction of sp³-hybridized carbons (Fsp3) is 0.250. The molecule has 0 aromatic heterocycles. The zero-order chi connectivity index (χ0) is 17.0. The minimum Gasteiger partial charge on any atom is -0.505 e. The molecule has 124 valence electrons. The predicted molar refractivity (Wildman–Crippen MR) is 97.3 cm³/mol. The van der Waals surface area contributed by atoms with Crippen molar-refractivity contribution in [3.05, 3.63) is 44.3 Å². The Morgan fingerprint density at radius 3 is 2.35 bits per heavy atom. The van der Waals surface area contributed by atoms with E-state index in [9.17, 15) is 5.11 Å². The van der Waals surface area contributed by atoms with Crippen molar-refractivity contribution in [1.82, 2.24) is 0 Å². The molecule has 0 bridgehead atoms. The summed E-state index contributed by atoms with van der Waals surface area (Å²) in [7, 11) is 1.60. The van der Waals surface area contributed by atoms with Crippen LogP contribution < -0.4 is 14.8 Å². The molecule has 0 fully saturated rings. The van der Waals surface area contributed by atoms with Gasteiger partial charge in [-0.3, -0.25) is 0 Å². The van der Waals surface area contributed by atoms with Gasteiger partial charge in [0.2, 0.25) is 0 Å². The molecule has 0 saturated heterocycles. The first-order chi connectivity index (χ1) is 11.0. The van der Waals surface area contributed by atoms with Crippen LogP contribution in [0.1, 0.15) is 12.5 Å². The third kappa shape index (κ3) is 4.37. The van der Waals surface area contributed by atoms with Crippen LogP contribution in [-0.2, 0) is 6.54 Å². The molecule has 0 atom stereocenters. The molecule has 23 heavy (non-hydrogen) atoms. The third-order valence-corrected chi connectivity index (χ3v) is 4.45. The lowest BCUT2D eigenvalue weighted by molar-refractivity contribution is 0.310. The predicted octanol–water partition coefficient (Wildman–Crippen LogP) is 5.48. The normalized spacial score (nSPS) is 10.5. The van der Waals surface area contributed by atoms with Gasteiger partial charge in [0.1, 0.15) is 0 Å². The molecule has 0 aliphatic heterocycles. The van der Waals surface area contributed by atoms with Crippen LogP contribution >= 0.6 is 39.1 Å². The number of phenolic OH excluding ortho intramolecular Hbond substituents is 1. The SMILES string of the molecule is CCOc1cc(Br)c(CNc2cc(Cl)c(O)c(Cl)c2)cc1OC. The first-order valence-electron chi connectivity index (χ1n) is 6.87. The molecule has 0 amide bonds. The maximum Gasteiger partial charge on any atom is 0.162 e. The van der Waals surface area contributed by atoms with Gasteiger partial charge in [-0.1, -0.05) is 39.1 Å². The summed E-state index contributed by atoms with van der Waals surface area (Å²) in [5.41, 5.74) is 1.68. The number of hydrogen-bond donors (Lipinski definition) is 2. The van der Waals surface area contributed by atoms with Gasteiger partial charge >= 0.3 is 0 Å². The Hall–Kier alpha value is -1.30. The molecule has 7 heteroatoms. The number of phenols is 1. The summed E-state index contributed by atoms with van der Waals surface area (Å²) < 4.78 is 11.8. The number of benzene rings is 2. The highest BCUT2D eigenvalue weighted by molar-refractivity contribution is 9.10. The van der Waals surface area contributed by atoms with Gasteiger partial charge in [0.15, 0.2) is 17.2 Å². The molecule has 2 N–H and O–H groups in total. The molecule has 2 aromatic carbocycles. The van der Waals surface area contributed by atoms with Crippen LogP contribution in [0.15, 0.2) is 28.7 Å². The number of methoxy groups -OCH3 is 1. The summed E-state index contributed by atoms with van der Waals surface area (Å²) in [5.74, 6) is 1.22. The number of aromatic hydroxyl groups is 1. The van der Waals surface area contributed by atoms with Crippen molar-refractivity contribution < 1.29 is 14.6 Å². The zero-order valence-corrected chi connectivity index (χ0v) is 15.7. The quantitative estimate of drug-likeness (QED) is 0.607. The number of hydrogen-bond acceptors (Lipinski definition) is 4.